The third-order valence-electron chi connectivity index (χ3n) is 5.09. The number of hydrogen-bond donors (Lipinski definition) is 1. The van der Waals surface area contributed by atoms with Crippen molar-refractivity contribution in [1.82, 2.24) is 9.62 Å². The number of carbonyl (C=O) groups is 2. The molecular formula is C22H26N2O7S2. The molecule has 1 amide bonds. The lowest BCUT2D eigenvalue weighted by Gasteiger charge is -2.40. The van der Waals surface area contributed by atoms with Gasteiger partial charge in [0.2, 0.25) is 15.9 Å². The molecule has 1 fully saturated rings. The molecule has 2 unspecified atom stereocenters. The van der Waals surface area contributed by atoms with Gasteiger partial charge in [-0.2, -0.15) is 0 Å². The summed E-state index contributed by atoms with van der Waals surface area (Å²) in [4.78, 5) is 26.7. The van der Waals surface area contributed by atoms with Gasteiger partial charge in [0.05, 0.1) is 11.5 Å². The van der Waals surface area contributed by atoms with Crippen LogP contribution >= 0.6 is 0 Å². The molecule has 0 spiro atoms. The number of carbonyl (C=O) groups excluding carboxylic acids is 2. The maximum absolute atomic E-state index is 13.0. The van der Waals surface area contributed by atoms with E-state index in [1.165, 1.54) is 0 Å². The third-order valence-corrected chi connectivity index (χ3v) is 7.38. The average molecular weight is 495 g/mol. The quantitative estimate of drug-likeness (QED) is 0.486. The Morgan fingerprint density at radius 1 is 1.00 bits per heavy atom. The van der Waals surface area contributed by atoms with E-state index in [0.29, 0.717) is 12.0 Å². The maximum atomic E-state index is 13.0. The molecule has 1 saturated heterocycles. The molecule has 3 rings (SSSR count). The number of nitrogens with one attached hydrogen (secondary N) is 1. The van der Waals surface area contributed by atoms with E-state index in [2.05, 4.69) is 4.72 Å². The van der Waals surface area contributed by atoms with Crippen LogP contribution in [-0.4, -0.2) is 64.2 Å². The van der Waals surface area contributed by atoms with Crippen molar-refractivity contribution in [2.24, 2.45) is 0 Å². The third kappa shape index (κ3) is 7.37. The predicted molar refractivity (Wildman–Crippen MR) is 122 cm³/mol. The van der Waals surface area contributed by atoms with Crippen LogP contribution in [0.1, 0.15) is 17.5 Å². The zero-order valence-corrected chi connectivity index (χ0v) is 19.7. The Balaban J connectivity index is 1.68. The summed E-state index contributed by atoms with van der Waals surface area (Å²) in [6.07, 6.45) is 1.27. The van der Waals surface area contributed by atoms with E-state index in [0.717, 1.165) is 16.7 Å². The zero-order valence-electron chi connectivity index (χ0n) is 18.1. The molecule has 0 aliphatic carbocycles. The molecule has 0 saturated carbocycles. The van der Waals surface area contributed by atoms with Gasteiger partial charge in [-0.1, -0.05) is 60.7 Å². The number of sulfone groups is 1. The van der Waals surface area contributed by atoms with E-state index < -0.39 is 55.3 Å². The van der Waals surface area contributed by atoms with Crippen molar-refractivity contribution in [3.8, 4) is 0 Å². The molecular weight excluding hydrogens is 468 g/mol. The molecule has 2 aromatic rings. The monoisotopic (exact) mass is 494 g/mol. The topological polar surface area (TPSA) is 127 Å². The number of benzene rings is 2. The Hall–Kier alpha value is -2.76. The second-order valence-electron chi connectivity index (χ2n) is 7.94. The zero-order chi connectivity index (χ0) is 24.1. The molecule has 0 bridgehead atoms. The molecule has 1 aliphatic heterocycles. The molecule has 9 nitrogen and oxygen atoms in total. The van der Waals surface area contributed by atoms with Crippen LogP contribution in [0, 0.1) is 0 Å². The molecule has 178 valence electrons. The number of hydrogen-bond acceptors (Lipinski definition) is 7. The minimum atomic E-state index is -4.03. The highest BCUT2D eigenvalue weighted by Crippen LogP contribution is 2.21. The Morgan fingerprint density at radius 3 is 2.09 bits per heavy atom. The number of likely N-dealkylation sites (tertiary alicyclic amines) is 1. The van der Waals surface area contributed by atoms with Crippen LogP contribution in [0.25, 0.3) is 0 Å². The second-order valence-corrected chi connectivity index (χ2v) is 11.9. The minimum absolute atomic E-state index is 0.0364. The molecule has 1 aliphatic rings. The summed E-state index contributed by atoms with van der Waals surface area (Å²) in [5.74, 6) is -2.53. The highest BCUT2D eigenvalue weighted by atomic mass is 32.2. The van der Waals surface area contributed by atoms with Crippen molar-refractivity contribution in [2.45, 2.75) is 30.9 Å². The van der Waals surface area contributed by atoms with Gasteiger partial charge in [0, 0.05) is 12.8 Å². The van der Waals surface area contributed by atoms with Gasteiger partial charge < -0.3 is 9.64 Å². The summed E-state index contributed by atoms with van der Waals surface area (Å²) in [6, 6.07) is 14.9. The summed E-state index contributed by atoms with van der Waals surface area (Å²) in [5, 5.41) is 0. The predicted octanol–water partition coefficient (Wildman–Crippen LogP) is 0.864. The molecule has 0 aromatic heterocycles. The smallest absolute Gasteiger partial charge is 0.329 e. The van der Waals surface area contributed by atoms with E-state index in [-0.39, 0.29) is 13.2 Å². The lowest BCUT2D eigenvalue weighted by molar-refractivity contribution is -0.163. The molecule has 1 N–H and O–H groups in total. The van der Waals surface area contributed by atoms with E-state index in [1.54, 1.807) is 54.6 Å². The number of nitrogens with zero attached hydrogens (tertiary/aromatic N) is 1. The highest BCUT2D eigenvalue weighted by molar-refractivity contribution is 7.91. The Bertz CT molecular complexity index is 1180. The van der Waals surface area contributed by atoms with Gasteiger partial charge in [-0.15, -0.1) is 0 Å². The van der Waals surface area contributed by atoms with Gasteiger partial charge in [0.25, 0.3) is 0 Å². The standard InChI is InChI=1S/C22H26N2O7S2/c1-32(27,28)16-19(23-33(29,30)15-18-10-6-3-7-11-18)21(25)24-13-12-20(24)22(26)31-14-17-8-4-2-5-9-17/h2-11,19-20,23H,12-16H2,1H3. The Kier molecular flexibility index (Phi) is 7.88. The van der Waals surface area contributed by atoms with Crippen molar-refractivity contribution < 1.29 is 31.2 Å². The molecule has 2 atom stereocenters. The highest BCUT2D eigenvalue weighted by Gasteiger charge is 2.42. The molecule has 33 heavy (non-hydrogen) atoms. The van der Waals surface area contributed by atoms with Gasteiger partial charge in [-0.05, 0) is 17.5 Å². The molecule has 2 aromatic carbocycles. The number of ether oxygens (including phenoxy) is 1. The fourth-order valence-corrected chi connectivity index (χ4v) is 5.70. The molecule has 0 radical (unpaired) electrons. The minimum Gasteiger partial charge on any atom is -0.459 e. The maximum Gasteiger partial charge on any atom is 0.329 e. The number of sulfonamides is 1. The first-order valence-electron chi connectivity index (χ1n) is 10.3. The Morgan fingerprint density at radius 2 is 1.58 bits per heavy atom. The first-order valence-corrected chi connectivity index (χ1v) is 14.0. The fourth-order valence-electron chi connectivity index (χ4n) is 3.43. The number of rotatable bonds is 10. The van der Waals surface area contributed by atoms with Crippen LogP contribution in [0.15, 0.2) is 60.7 Å². The van der Waals surface area contributed by atoms with Crippen molar-refractivity contribution in [3.05, 3.63) is 71.8 Å². The van der Waals surface area contributed by atoms with E-state index >= 15 is 0 Å². The number of esters is 1. The van der Waals surface area contributed by atoms with E-state index in [4.69, 9.17) is 4.74 Å². The average Bonchev–Trinajstić information content (AvgIpc) is 2.71. The lowest BCUT2D eigenvalue weighted by Crippen LogP contribution is -2.62. The van der Waals surface area contributed by atoms with Gasteiger partial charge >= 0.3 is 5.97 Å². The van der Waals surface area contributed by atoms with Crippen molar-refractivity contribution in [3.63, 3.8) is 0 Å². The van der Waals surface area contributed by atoms with Crippen LogP contribution in [0.5, 0.6) is 0 Å². The summed E-state index contributed by atoms with van der Waals surface area (Å²) in [7, 11) is -7.74. The normalized spacial score (nSPS) is 17.1. The SMILES string of the molecule is CS(=O)(=O)CC(NS(=O)(=O)Cc1ccccc1)C(=O)N1CCC1C(=O)OCc1ccccc1. The second kappa shape index (κ2) is 10.4. The van der Waals surface area contributed by atoms with Crippen LogP contribution in [0.3, 0.4) is 0 Å². The lowest BCUT2D eigenvalue weighted by atomic mass is 10.0. The first kappa shape index (κ1) is 24.9. The molecule has 11 heteroatoms. The van der Waals surface area contributed by atoms with E-state index in [1.807, 2.05) is 6.07 Å². The summed E-state index contributed by atoms with van der Waals surface area (Å²) >= 11 is 0. The molecule has 1 heterocycles. The van der Waals surface area contributed by atoms with Gasteiger partial charge in [-0.25, -0.2) is 26.4 Å². The van der Waals surface area contributed by atoms with Crippen LogP contribution in [0.4, 0.5) is 0 Å². The number of amides is 1. The fraction of sp³-hybridized carbons (Fsp3) is 0.364. The van der Waals surface area contributed by atoms with Gasteiger partial charge in [-0.3, -0.25) is 4.79 Å². The van der Waals surface area contributed by atoms with Crippen molar-refractivity contribution >= 4 is 31.7 Å². The van der Waals surface area contributed by atoms with Crippen LogP contribution in [-0.2, 0) is 46.5 Å². The summed E-state index contributed by atoms with van der Waals surface area (Å²) in [6.45, 7) is 0.235. The van der Waals surface area contributed by atoms with Crippen LogP contribution in [0.2, 0.25) is 0 Å². The summed E-state index contributed by atoms with van der Waals surface area (Å²) < 4.78 is 56.6. The van der Waals surface area contributed by atoms with Crippen LogP contribution < -0.4 is 4.72 Å². The van der Waals surface area contributed by atoms with E-state index in [9.17, 15) is 26.4 Å². The van der Waals surface area contributed by atoms with Crippen molar-refractivity contribution in [1.29, 1.82) is 0 Å². The summed E-state index contributed by atoms with van der Waals surface area (Å²) in [5.41, 5.74) is 1.27. The van der Waals surface area contributed by atoms with Gasteiger partial charge in [0.1, 0.15) is 28.5 Å². The van der Waals surface area contributed by atoms with Gasteiger partial charge in [0.15, 0.2) is 0 Å². The largest absolute Gasteiger partial charge is 0.459 e. The first-order chi connectivity index (χ1) is 15.5. The Labute approximate surface area is 193 Å². The van der Waals surface area contributed by atoms with Crippen molar-refractivity contribution in [2.75, 3.05) is 18.6 Å².